The number of aliphatic hydroxyl groups excluding tert-OH is 1. The number of hydrogen-bond donors (Lipinski definition) is 2. The van der Waals surface area contributed by atoms with Crippen molar-refractivity contribution in [3.63, 3.8) is 0 Å². The smallest absolute Gasteiger partial charge is 0.161 e. The second kappa shape index (κ2) is 6.39. The molecule has 0 radical (unpaired) electrons. The second-order valence-electron chi connectivity index (χ2n) is 6.52. The van der Waals surface area contributed by atoms with Crippen LogP contribution in [0.25, 0.3) is 5.65 Å². The molecule has 0 spiro atoms. The Morgan fingerprint density at radius 2 is 1.96 bits per heavy atom. The number of fused-ring (bicyclic) bond motifs is 3. The van der Waals surface area contributed by atoms with Crippen molar-refractivity contribution in [1.29, 1.82) is 0 Å². The Labute approximate surface area is 152 Å². The van der Waals surface area contributed by atoms with Crippen molar-refractivity contribution in [3.05, 3.63) is 65.1 Å². The molecule has 0 aliphatic carbocycles. The summed E-state index contributed by atoms with van der Waals surface area (Å²) in [6.45, 7) is 6.27. The minimum absolute atomic E-state index is 0.0359. The Morgan fingerprint density at radius 3 is 2.68 bits per heavy atom. The molecule has 5 heteroatoms. The first kappa shape index (κ1) is 16.5. The number of nitrogens with zero attached hydrogens (tertiary/aromatic N) is 2. The Balaban J connectivity index is 1.90. The SMILES string of the molecule is CCS[C@H]1c2ccn3c(C)c(C)nc3c2N[C@H](c2ccccc2)[C@H]1O. The normalized spacial score (nSPS) is 22.6. The maximum absolute atomic E-state index is 11.1. The van der Waals surface area contributed by atoms with E-state index in [1.54, 1.807) is 11.8 Å². The summed E-state index contributed by atoms with van der Waals surface area (Å²) >= 11 is 1.79. The van der Waals surface area contributed by atoms with Crippen LogP contribution in [0.2, 0.25) is 0 Å². The molecule has 3 heterocycles. The lowest BCUT2D eigenvalue weighted by Gasteiger charge is -2.37. The van der Waals surface area contributed by atoms with Gasteiger partial charge in [0.15, 0.2) is 5.65 Å². The zero-order valence-electron chi connectivity index (χ0n) is 14.7. The largest absolute Gasteiger partial charge is 0.389 e. The second-order valence-corrected chi connectivity index (χ2v) is 7.94. The van der Waals surface area contributed by atoms with Gasteiger partial charge in [0.05, 0.1) is 28.8 Å². The predicted molar refractivity (Wildman–Crippen MR) is 104 cm³/mol. The van der Waals surface area contributed by atoms with E-state index in [0.717, 1.165) is 39.6 Å². The Hall–Kier alpha value is -1.98. The summed E-state index contributed by atoms with van der Waals surface area (Å²) in [6, 6.07) is 12.2. The molecule has 4 rings (SSSR count). The molecule has 0 fully saturated rings. The summed E-state index contributed by atoms with van der Waals surface area (Å²) in [6.07, 6.45) is 1.59. The number of rotatable bonds is 3. The van der Waals surface area contributed by atoms with Gasteiger partial charge in [-0.05, 0) is 36.8 Å². The van der Waals surface area contributed by atoms with Gasteiger partial charge in [-0.2, -0.15) is 11.8 Å². The molecule has 1 aliphatic heterocycles. The number of aryl methyl sites for hydroxylation is 2. The number of pyridine rings is 1. The van der Waals surface area contributed by atoms with Gasteiger partial charge in [-0.1, -0.05) is 37.3 Å². The van der Waals surface area contributed by atoms with E-state index in [-0.39, 0.29) is 11.3 Å². The molecular formula is C20H23N3OS. The minimum atomic E-state index is -0.487. The summed E-state index contributed by atoms with van der Waals surface area (Å²) < 4.78 is 2.13. The van der Waals surface area contributed by atoms with Crippen LogP contribution >= 0.6 is 11.8 Å². The van der Waals surface area contributed by atoms with Crippen molar-refractivity contribution in [2.45, 2.75) is 38.2 Å². The van der Waals surface area contributed by atoms with E-state index in [4.69, 9.17) is 4.98 Å². The van der Waals surface area contributed by atoms with Crippen molar-refractivity contribution in [3.8, 4) is 0 Å². The highest BCUT2D eigenvalue weighted by Crippen LogP contribution is 2.47. The Morgan fingerprint density at radius 1 is 1.20 bits per heavy atom. The number of nitrogens with one attached hydrogen (secondary N) is 1. The third kappa shape index (κ3) is 2.62. The highest BCUT2D eigenvalue weighted by atomic mass is 32.2. The number of anilines is 1. The summed E-state index contributed by atoms with van der Waals surface area (Å²) in [7, 11) is 0. The van der Waals surface area contributed by atoms with Gasteiger partial charge >= 0.3 is 0 Å². The highest BCUT2D eigenvalue weighted by molar-refractivity contribution is 7.99. The van der Waals surface area contributed by atoms with Crippen LogP contribution in [-0.2, 0) is 0 Å². The van der Waals surface area contributed by atoms with Gasteiger partial charge in [0, 0.05) is 11.9 Å². The van der Waals surface area contributed by atoms with Crippen LogP contribution in [0.3, 0.4) is 0 Å². The topological polar surface area (TPSA) is 49.6 Å². The van der Waals surface area contributed by atoms with E-state index in [9.17, 15) is 5.11 Å². The minimum Gasteiger partial charge on any atom is -0.389 e. The summed E-state index contributed by atoms with van der Waals surface area (Å²) in [4.78, 5) is 4.78. The monoisotopic (exact) mass is 353 g/mol. The van der Waals surface area contributed by atoms with Crippen LogP contribution in [0, 0.1) is 13.8 Å². The molecule has 2 N–H and O–H groups in total. The molecule has 3 aromatic rings. The molecule has 0 unspecified atom stereocenters. The van der Waals surface area contributed by atoms with Crippen molar-refractivity contribution in [2.24, 2.45) is 0 Å². The summed E-state index contributed by atoms with van der Waals surface area (Å²) in [5.74, 6) is 0.959. The number of benzene rings is 1. The van der Waals surface area contributed by atoms with Crippen molar-refractivity contribution in [1.82, 2.24) is 9.38 Å². The van der Waals surface area contributed by atoms with Gasteiger partial charge in [0.25, 0.3) is 0 Å². The summed E-state index contributed by atoms with van der Waals surface area (Å²) in [5, 5.41) is 14.7. The molecule has 4 nitrogen and oxygen atoms in total. The maximum Gasteiger partial charge on any atom is 0.161 e. The number of imidazole rings is 1. The quantitative estimate of drug-likeness (QED) is 0.738. The van der Waals surface area contributed by atoms with Gasteiger partial charge in [0.1, 0.15) is 0 Å². The van der Waals surface area contributed by atoms with Crippen LogP contribution in [-0.4, -0.2) is 26.3 Å². The molecule has 3 atom stereocenters. The third-order valence-electron chi connectivity index (χ3n) is 5.07. The first-order valence-corrected chi connectivity index (χ1v) is 9.76. The van der Waals surface area contributed by atoms with E-state index in [0.29, 0.717) is 0 Å². The lowest BCUT2D eigenvalue weighted by atomic mass is 9.91. The van der Waals surface area contributed by atoms with Gasteiger partial charge in [0.2, 0.25) is 0 Å². The third-order valence-corrected chi connectivity index (χ3v) is 6.29. The number of thioether (sulfide) groups is 1. The van der Waals surface area contributed by atoms with E-state index in [2.05, 4.69) is 48.0 Å². The van der Waals surface area contributed by atoms with E-state index in [1.165, 1.54) is 0 Å². The molecule has 0 saturated heterocycles. The molecule has 1 aliphatic rings. The van der Waals surface area contributed by atoms with E-state index in [1.807, 2.05) is 25.1 Å². The van der Waals surface area contributed by atoms with Crippen molar-refractivity contribution >= 4 is 23.1 Å². The fourth-order valence-corrected chi connectivity index (χ4v) is 4.74. The molecule has 0 amide bonds. The Bertz CT molecular complexity index is 906. The lowest BCUT2D eigenvalue weighted by molar-refractivity contribution is 0.145. The van der Waals surface area contributed by atoms with Gasteiger partial charge in [-0.15, -0.1) is 0 Å². The number of aromatic nitrogens is 2. The summed E-state index contributed by atoms with van der Waals surface area (Å²) in [5.41, 5.74) is 6.43. The fraction of sp³-hybridized carbons (Fsp3) is 0.350. The van der Waals surface area contributed by atoms with Crippen molar-refractivity contribution < 1.29 is 5.11 Å². The maximum atomic E-state index is 11.1. The molecule has 0 saturated carbocycles. The molecule has 25 heavy (non-hydrogen) atoms. The first-order chi connectivity index (χ1) is 12.1. The predicted octanol–water partition coefficient (Wildman–Crippen LogP) is 4.27. The average Bonchev–Trinajstić information content (AvgIpc) is 2.92. The van der Waals surface area contributed by atoms with E-state index >= 15 is 0 Å². The van der Waals surface area contributed by atoms with Crippen molar-refractivity contribution in [2.75, 3.05) is 11.1 Å². The average molecular weight is 353 g/mol. The molecular weight excluding hydrogens is 330 g/mol. The number of aliphatic hydroxyl groups is 1. The van der Waals surface area contributed by atoms with Crippen LogP contribution in [0.5, 0.6) is 0 Å². The zero-order valence-corrected chi connectivity index (χ0v) is 15.5. The highest BCUT2D eigenvalue weighted by Gasteiger charge is 2.37. The lowest BCUT2D eigenvalue weighted by Crippen LogP contribution is -2.35. The van der Waals surface area contributed by atoms with Gasteiger partial charge in [-0.3, -0.25) is 0 Å². The Kier molecular flexibility index (Phi) is 4.21. The zero-order chi connectivity index (χ0) is 17.6. The molecule has 130 valence electrons. The number of hydrogen-bond acceptors (Lipinski definition) is 4. The van der Waals surface area contributed by atoms with Crippen LogP contribution in [0.15, 0.2) is 42.6 Å². The molecule has 0 bridgehead atoms. The van der Waals surface area contributed by atoms with Crippen LogP contribution < -0.4 is 5.32 Å². The first-order valence-electron chi connectivity index (χ1n) is 8.71. The molecule has 2 aromatic heterocycles. The molecule has 1 aromatic carbocycles. The van der Waals surface area contributed by atoms with Gasteiger partial charge in [-0.25, -0.2) is 4.98 Å². The van der Waals surface area contributed by atoms with E-state index < -0.39 is 6.10 Å². The van der Waals surface area contributed by atoms with Crippen LogP contribution in [0.4, 0.5) is 5.69 Å². The van der Waals surface area contributed by atoms with Crippen LogP contribution in [0.1, 0.15) is 40.7 Å². The standard InChI is InChI=1S/C20H23N3OS/c1-4-25-19-15-10-11-23-13(3)12(2)21-20(23)17(15)22-16(18(19)24)14-8-6-5-7-9-14/h5-11,16,18-19,22,24H,4H2,1-3H3/t16-,18-,19+/m1/s1. The fourth-order valence-electron chi connectivity index (χ4n) is 3.65. The van der Waals surface area contributed by atoms with Gasteiger partial charge < -0.3 is 14.8 Å².